The van der Waals surface area contributed by atoms with Gasteiger partial charge in [-0.25, -0.2) is 0 Å². The average Bonchev–Trinajstić information content (AvgIpc) is 3.25. The van der Waals surface area contributed by atoms with Gasteiger partial charge in [0.05, 0.1) is 37.5 Å². The molecule has 39 heavy (non-hydrogen) atoms. The maximum atomic E-state index is 10.0. The number of nitriles is 2. The maximum absolute atomic E-state index is 10.0. The third kappa shape index (κ3) is 3.24. The Balaban J connectivity index is 1.56. The molecule has 2 aromatic carbocycles. The summed E-state index contributed by atoms with van der Waals surface area (Å²) < 4.78 is 24.5. The van der Waals surface area contributed by atoms with Crippen molar-refractivity contribution in [2.24, 2.45) is 0 Å². The van der Waals surface area contributed by atoms with Crippen molar-refractivity contribution >= 4 is 0 Å². The number of hydrogen-bond acceptors (Lipinski definition) is 6. The Bertz CT molecular complexity index is 1600. The van der Waals surface area contributed by atoms with Crippen molar-refractivity contribution in [1.29, 1.82) is 10.5 Å². The van der Waals surface area contributed by atoms with Gasteiger partial charge in [0.1, 0.15) is 0 Å². The van der Waals surface area contributed by atoms with E-state index in [2.05, 4.69) is 64.1 Å². The van der Waals surface area contributed by atoms with E-state index in [4.69, 9.17) is 18.9 Å². The lowest BCUT2D eigenvalue weighted by Gasteiger charge is -2.38. The molecule has 0 saturated heterocycles. The van der Waals surface area contributed by atoms with Gasteiger partial charge in [0.25, 0.3) is 0 Å². The lowest BCUT2D eigenvalue weighted by molar-refractivity contribution is 0.0647. The molecule has 1 aliphatic heterocycles. The average molecular weight is 523 g/mol. The third-order valence-electron chi connectivity index (χ3n) is 9.55. The first kappa shape index (κ1) is 25.4. The van der Waals surface area contributed by atoms with Crippen LogP contribution >= 0.6 is 0 Å². The van der Waals surface area contributed by atoms with E-state index in [0.717, 1.165) is 35.5 Å². The number of allylic oxidation sites excluding steroid dienone is 2. The second kappa shape index (κ2) is 8.06. The van der Waals surface area contributed by atoms with Crippen LogP contribution in [0.3, 0.4) is 0 Å². The van der Waals surface area contributed by atoms with Gasteiger partial charge in [0.2, 0.25) is 0 Å². The number of ether oxygens (including phenoxy) is 4. The molecule has 200 valence electrons. The molecule has 0 saturated carbocycles. The molecule has 3 unspecified atom stereocenters. The number of methoxy groups -OCH3 is 2. The summed E-state index contributed by atoms with van der Waals surface area (Å²) in [6, 6.07) is 13.2. The van der Waals surface area contributed by atoms with Gasteiger partial charge >= 0.3 is 0 Å². The Labute approximate surface area is 230 Å². The topological polar surface area (TPSA) is 84.5 Å². The zero-order valence-corrected chi connectivity index (χ0v) is 23.9. The molecule has 3 aliphatic carbocycles. The van der Waals surface area contributed by atoms with E-state index < -0.39 is 12.2 Å². The number of nitrogens with zero attached hydrogens (tertiary/aromatic N) is 2. The first-order valence-electron chi connectivity index (χ1n) is 13.4. The fraction of sp³-hybridized carbons (Fsp3) is 0.455. The van der Waals surface area contributed by atoms with Crippen LogP contribution in [0.5, 0.6) is 23.0 Å². The molecule has 6 heteroatoms. The molecule has 0 N–H and O–H groups in total. The molecule has 6 nitrogen and oxygen atoms in total. The van der Waals surface area contributed by atoms with Crippen molar-refractivity contribution in [1.82, 2.24) is 0 Å². The minimum atomic E-state index is -0.652. The van der Waals surface area contributed by atoms with Crippen LogP contribution in [-0.4, -0.2) is 26.4 Å². The lowest BCUT2D eigenvalue weighted by atomic mass is 9.72. The zero-order valence-electron chi connectivity index (χ0n) is 23.9. The Hall–Kier alpha value is -3.90. The summed E-state index contributed by atoms with van der Waals surface area (Å²) in [5.74, 6) is 2.72. The van der Waals surface area contributed by atoms with Crippen molar-refractivity contribution in [2.45, 2.75) is 82.8 Å². The summed E-state index contributed by atoms with van der Waals surface area (Å²) >= 11 is 0. The van der Waals surface area contributed by atoms with Crippen LogP contribution in [0.1, 0.15) is 76.6 Å². The van der Waals surface area contributed by atoms with Gasteiger partial charge in [0.15, 0.2) is 35.2 Å². The standard InChI is InChI=1S/C33H34N2O4/c1-17-18(2)20(14-35)30-29(19(17)13-34)38-27-10-22-24(12-28(27)39-30)33(16-32(22,5)6)15-31(3,4)21-9-25(36-7)26(37-8)11-23(21)33/h9-12,29-30H,15-16H2,1-8H3. The van der Waals surface area contributed by atoms with Gasteiger partial charge in [-0.2, -0.15) is 10.5 Å². The summed E-state index contributed by atoms with van der Waals surface area (Å²) in [7, 11) is 3.36. The van der Waals surface area contributed by atoms with E-state index in [1.807, 2.05) is 13.8 Å². The first-order valence-corrected chi connectivity index (χ1v) is 13.4. The molecule has 0 aromatic heterocycles. The predicted molar refractivity (Wildman–Crippen MR) is 148 cm³/mol. The summed E-state index contributed by atoms with van der Waals surface area (Å²) in [5.41, 5.74) is 7.17. The maximum Gasteiger partial charge on any atom is 0.176 e. The number of benzene rings is 2. The highest BCUT2D eigenvalue weighted by molar-refractivity contribution is 5.67. The lowest BCUT2D eigenvalue weighted by Crippen LogP contribution is -2.45. The van der Waals surface area contributed by atoms with Crippen molar-refractivity contribution in [2.75, 3.05) is 14.2 Å². The number of fused-ring (bicyclic) bond motifs is 6. The third-order valence-corrected chi connectivity index (χ3v) is 9.55. The Morgan fingerprint density at radius 2 is 1.08 bits per heavy atom. The van der Waals surface area contributed by atoms with Crippen LogP contribution in [0.25, 0.3) is 0 Å². The van der Waals surface area contributed by atoms with E-state index in [-0.39, 0.29) is 16.2 Å². The highest BCUT2D eigenvalue weighted by Gasteiger charge is 2.57. The van der Waals surface area contributed by atoms with E-state index in [9.17, 15) is 10.5 Å². The highest BCUT2D eigenvalue weighted by atomic mass is 16.6. The minimum Gasteiger partial charge on any atom is -0.493 e. The molecule has 3 atom stereocenters. The van der Waals surface area contributed by atoms with Crippen LogP contribution in [0.4, 0.5) is 0 Å². The number of hydrogen-bond donors (Lipinski definition) is 0. The minimum absolute atomic E-state index is 0.0772. The quantitative estimate of drug-likeness (QED) is 0.444. The highest BCUT2D eigenvalue weighted by Crippen LogP contribution is 2.65. The summed E-state index contributed by atoms with van der Waals surface area (Å²) in [4.78, 5) is 0. The Morgan fingerprint density at radius 3 is 1.51 bits per heavy atom. The molecule has 1 spiro atoms. The molecule has 0 amide bonds. The van der Waals surface area contributed by atoms with Crippen LogP contribution in [0.2, 0.25) is 0 Å². The monoisotopic (exact) mass is 522 g/mol. The first-order chi connectivity index (χ1) is 18.4. The molecule has 2 aromatic rings. The van der Waals surface area contributed by atoms with Crippen molar-refractivity contribution in [3.63, 3.8) is 0 Å². The number of rotatable bonds is 2. The van der Waals surface area contributed by atoms with Gasteiger partial charge in [-0.1, -0.05) is 27.7 Å². The molecule has 4 aliphatic rings. The van der Waals surface area contributed by atoms with Crippen molar-refractivity contribution < 1.29 is 18.9 Å². The van der Waals surface area contributed by atoms with E-state index in [1.165, 1.54) is 22.3 Å². The van der Waals surface area contributed by atoms with Gasteiger partial charge in [-0.05, 0) is 95.2 Å². The Kier molecular flexibility index (Phi) is 5.24. The van der Waals surface area contributed by atoms with Crippen molar-refractivity contribution in [3.05, 3.63) is 68.8 Å². The largest absolute Gasteiger partial charge is 0.493 e. The molecule has 1 heterocycles. The summed E-state index contributed by atoms with van der Waals surface area (Å²) in [6.45, 7) is 12.9. The molecule has 0 bridgehead atoms. The van der Waals surface area contributed by atoms with E-state index in [1.54, 1.807) is 14.2 Å². The van der Waals surface area contributed by atoms with Gasteiger partial charge in [0, 0.05) is 5.41 Å². The van der Waals surface area contributed by atoms with Crippen LogP contribution in [-0.2, 0) is 16.2 Å². The van der Waals surface area contributed by atoms with Gasteiger partial charge in [-0.3, -0.25) is 0 Å². The Morgan fingerprint density at radius 1 is 0.692 bits per heavy atom. The second-order valence-electron chi connectivity index (χ2n) is 12.7. The fourth-order valence-electron chi connectivity index (χ4n) is 7.77. The summed E-state index contributed by atoms with van der Waals surface area (Å²) in [6.07, 6.45) is 0.583. The zero-order chi connectivity index (χ0) is 28.1. The van der Waals surface area contributed by atoms with Crippen LogP contribution < -0.4 is 18.9 Å². The molecular weight excluding hydrogens is 488 g/mol. The molecular formula is C33H34N2O4. The van der Waals surface area contributed by atoms with Gasteiger partial charge < -0.3 is 18.9 Å². The second-order valence-corrected chi connectivity index (χ2v) is 12.7. The van der Waals surface area contributed by atoms with Crippen molar-refractivity contribution in [3.8, 4) is 35.1 Å². The predicted octanol–water partition coefficient (Wildman–Crippen LogP) is 6.55. The van der Waals surface area contributed by atoms with E-state index in [0.29, 0.717) is 22.6 Å². The molecule has 0 fully saturated rings. The van der Waals surface area contributed by atoms with Crippen LogP contribution in [0.15, 0.2) is 46.6 Å². The van der Waals surface area contributed by atoms with E-state index >= 15 is 0 Å². The SMILES string of the molecule is COc1cc2c(cc1OC)C1(CC2(C)C)CC(C)(C)c2cc3c(cc21)OC1C(C#N)=C(C)C(C)=C(C#N)C1O3. The smallest absolute Gasteiger partial charge is 0.176 e. The fourth-order valence-corrected chi connectivity index (χ4v) is 7.77. The summed E-state index contributed by atoms with van der Waals surface area (Å²) in [5, 5.41) is 20.0. The molecule has 0 radical (unpaired) electrons. The van der Waals surface area contributed by atoms with Gasteiger partial charge in [-0.15, -0.1) is 0 Å². The molecule has 6 rings (SSSR count). The van der Waals surface area contributed by atoms with Crippen LogP contribution in [0, 0.1) is 22.7 Å². The normalized spacial score (nSPS) is 26.9.